The quantitative estimate of drug-likeness (QED) is 0.877. The van der Waals surface area contributed by atoms with Gasteiger partial charge in [-0.25, -0.2) is 4.98 Å². The zero-order valence-electron chi connectivity index (χ0n) is 10.6. The van der Waals surface area contributed by atoms with Crippen LogP contribution in [0.5, 0.6) is 5.75 Å². The van der Waals surface area contributed by atoms with Crippen molar-refractivity contribution in [2.24, 2.45) is 0 Å². The lowest BCUT2D eigenvalue weighted by molar-refractivity contribution is 0.273. The molecule has 0 fully saturated rings. The summed E-state index contributed by atoms with van der Waals surface area (Å²) in [5.41, 5.74) is 1.66. The second-order valence-electron chi connectivity index (χ2n) is 4.32. The van der Waals surface area contributed by atoms with Crippen molar-refractivity contribution in [1.82, 2.24) is 14.5 Å². The van der Waals surface area contributed by atoms with Gasteiger partial charge >= 0.3 is 0 Å². The first-order valence-electron chi connectivity index (χ1n) is 5.90. The van der Waals surface area contributed by atoms with Gasteiger partial charge in [0.25, 0.3) is 0 Å². The number of aromatic nitrogens is 3. The number of ether oxygens (including phenoxy) is 1. The van der Waals surface area contributed by atoms with Gasteiger partial charge in [0.05, 0.1) is 36.7 Å². The molecule has 2 heterocycles. The van der Waals surface area contributed by atoms with E-state index >= 15 is 0 Å². The normalized spacial score (nSPS) is 10.9. The summed E-state index contributed by atoms with van der Waals surface area (Å²) in [4.78, 5) is 8.17. The highest BCUT2D eigenvalue weighted by Crippen LogP contribution is 2.14. The third-order valence-corrected chi connectivity index (χ3v) is 2.65. The fourth-order valence-corrected chi connectivity index (χ4v) is 1.66. The number of aliphatic hydroxyl groups excluding tert-OH is 1. The summed E-state index contributed by atoms with van der Waals surface area (Å²) in [7, 11) is 0. The van der Waals surface area contributed by atoms with E-state index in [4.69, 9.17) is 9.84 Å². The fourth-order valence-electron chi connectivity index (χ4n) is 1.66. The number of aliphatic hydroxyl groups is 1. The summed E-state index contributed by atoms with van der Waals surface area (Å²) in [6, 6.07) is 3.91. The molecule has 0 unspecified atom stereocenters. The standard InChI is InChI=1S/C13H17N3O2/c1-10(2)16-9-14-5-12(16)8-18-13-4-3-11(7-17)15-6-13/h3-6,9-10,17H,7-8H2,1-2H3. The predicted molar refractivity (Wildman–Crippen MR) is 67.1 cm³/mol. The van der Waals surface area contributed by atoms with Gasteiger partial charge in [-0.1, -0.05) is 0 Å². The van der Waals surface area contributed by atoms with Crippen molar-refractivity contribution in [3.8, 4) is 5.75 Å². The van der Waals surface area contributed by atoms with Crippen molar-refractivity contribution >= 4 is 0 Å². The highest BCUT2D eigenvalue weighted by molar-refractivity contribution is 5.19. The van der Waals surface area contributed by atoms with Crippen LogP contribution in [-0.2, 0) is 13.2 Å². The molecule has 0 saturated carbocycles. The number of hydrogen-bond donors (Lipinski definition) is 1. The summed E-state index contributed by atoms with van der Waals surface area (Å²) in [6.45, 7) is 4.60. The Bertz CT molecular complexity index is 491. The SMILES string of the molecule is CC(C)n1cncc1COc1ccc(CO)nc1. The molecule has 0 aromatic carbocycles. The molecule has 5 nitrogen and oxygen atoms in total. The minimum Gasteiger partial charge on any atom is -0.486 e. The minimum atomic E-state index is -0.0552. The molecule has 2 rings (SSSR count). The maximum atomic E-state index is 8.89. The van der Waals surface area contributed by atoms with E-state index in [2.05, 4.69) is 28.4 Å². The number of rotatable bonds is 5. The van der Waals surface area contributed by atoms with Crippen LogP contribution in [-0.4, -0.2) is 19.6 Å². The monoisotopic (exact) mass is 247 g/mol. The van der Waals surface area contributed by atoms with Gasteiger partial charge in [0, 0.05) is 6.04 Å². The predicted octanol–water partition coefficient (Wildman–Crippen LogP) is 1.93. The van der Waals surface area contributed by atoms with Crippen LogP contribution in [0.4, 0.5) is 0 Å². The third kappa shape index (κ3) is 2.87. The third-order valence-electron chi connectivity index (χ3n) is 2.65. The lowest BCUT2D eigenvalue weighted by Crippen LogP contribution is -2.07. The van der Waals surface area contributed by atoms with E-state index in [0.717, 1.165) is 5.69 Å². The van der Waals surface area contributed by atoms with Crippen LogP contribution in [0.2, 0.25) is 0 Å². The Kier molecular flexibility index (Phi) is 3.94. The molecular weight excluding hydrogens is 230 g/mol. The lowest BCUT2D eigenvalue weighted by Gasteiger charge is -2.12. The molecule has 0 amide bonds. The minimum absolute atomic E-state index is 0.0552. The molecule has 1 N–H and O–H groups in total. The molecule has 0 atom stereocenters. The molecule has 0 spiro atoms. The Labute approximate surface area is 106 Å². The van der Waals surface area contributed by atoms with Crippen molar-refractivity contribution in [2.45, 2.75) is 33.1 Å². The van der Waals surface area contributed by atoms with Crippen molar-refractivity contribution in [2.75, 3.05) is 0 Å². The van der Waals surface area contributed by atoms with Crippen LogP contribution < -0.4 is 4.74 Å². The van der Waals surface area contributed by atoms with Crippen LogP contribution in [0, 0.1) is 0 Å². The maximum absolute atomic E-state index is 8.89. The zero-order chi connectivity index (χ0) is 13.0. The van der Waals surface area contributed by atoms with Crippen molar-refractivity contribution < 1.29 is 9.84 Å². The van der Waals surface area contributed by atoms with E-state index in [9.17, 15) is 0 Å². The molecule has 2 aromatic heterocycles. The smallest absolute Gasteiger partial charge is 0.138 e. The Hall–Kier alpha value is -1.88. The molecule has 18 heavy (non-hydrogen) atoms. The molecule has 0 aliphatic heterocycles. The van der Waals surface area contributed by atoms with E-state index in [1.807, 2.05) is 0 Å². The van der Waals surface area contributed by atoms with Gasteiger partial charge in [-0.2, -0.15) is 0 Å². The number of nitrogens with zero attached hydrogens (tertiary/aromatic N) is 3. The van der Waals surface area contributed by atoms with Gasteiger partial charge in [0.15, 0.2) is 0 Å². The van der Waals surface area contributed by atoms with E-state index in [1.54, 1.807) is 30.9 Å². The van der Waals surface area contributed by atoms with Gasteiger partial charge in [0.2, 0.25) is 0 Å². The second kappa shape index (κ2) is 5.64. The average Bonchev–Trinajstić information content (AvgIpc) is 2.85. The number of pyridine rings is 1. The molecule has 0 aliphatic rings. The molecule has 2 aromatic rings. The summed E-state index contributed by atoms with van der Waals surface area (Å²) in [6.07, 6.45) is 5.22. The Morgan fingerprint density at radius 3 is 2.78 bits per heavy atom. The van der Waals surface area contributed by atoms with Gasteiger partial charge in [0.1, 0.15) is 12.4 Å². The van der Waals surface area contributed by atoms with E-state index in [-0.39, 0.29) is 6.61 Å². The van der Waals surface area contributed by atoms with Crippen molar-refractivity contribution in [3.63, 3.8) is 0 Å². The van der Waals surface area contributed by atoms with E-state index in [0.29, 0.717) is 24.1 Å². The average molecular weight is 247 g/mol. The highest BCUT2D eigenvalue weighted by atomic mass is 16.5. The first-order chi connectivity index (χ1) is 8.70. The summed E-state index contributed by atoms with van der Waals surface area (Å²) in [5.74, 6) is 0.684. The van der Waals surface area contributed by atoms with Crippen LogP contribution in [0.3, 0.4) is 0 Å². The molecular formula is C13H17N3O2. The van der Waals surface area contributed by atoms with E-state index in [1.165, 1.54) is 0 Å². The molecule has 0 bridgehead atoms. The number of hydrogen-bond acceptors (Lipinski definition) is 4. The molecule has 0 aliphatic carbocycles. The second-order valence-corrected chi connectivity index (χ2v) is 4.32. The summed E-state index contributed by atoms with van der Waals surface area (Å²) < 4.78 is 7.70. The molecule has 0 saturated heterocycles. The van der Waals surface area contributed by atoms with Crippen molar-refractivity contribution in [3.05, 3.63) is 42.2 Å². The largest absolute Gasteiger partial charge is 0.486 e. The number of imidazole rings is 1. The van der Waals surface area contributed by atoms with Crippen LogP contribution in [0.25, 0.3) is 0 Å². The van der Waals surface area contributed by atoms with Crippen molar-refractivity contribution in [1.29, 1.82) is 0 Å². The zero-order valence-corrected chi connectivity index (χ0v) is 10.6. The van der Waals surface area contributed by atoms with Crippen LogP contribution >= 0.6 is 0 Å². The van der Waals surface area contributed by atoms with E-state index < -0.39 is 0 Å². The first-order valence-corrected chi connectivity index (χ1v) is 5.90. The molecule has 96 valence electrons. The Balaban J connectivity index is 2.00. The first kappa shape index (κ1) is 12.6. The molecule has 5 heteroatoms. The summed E-state index contributed by atoms with van der Waals surface area (Å²) in [5, 5.41) is 8.89. The van der Waals surface area contributed by atoms with Gasteiger partial charge in [-0.3, -0.25) is 4.98 Å². The Morgan fingerprint density at radius 1 is 1.33 bits per heavy atom. The molecule has 0 radical (unpaired) electrons. The van der Waals surface area contributed by atoms with Gasteiger partial charge < -0.3 is 14.4 Å². The fraction of sp³-hybridized carbons (Fsp3) is 0.385. The van der Waals surface area contributed by atoms with Crippen LogP contribution in [0.15, 0.2) is 30.9 Å². The van der Waals surface area contributed by atoms with Crippen LogP contribution in [0.1, 0.15) is 31.3 Å². The lowest BCUT2D eigenvalue weighted by atomic mass is 10.3. The maximum Gasteiger partial charge on any atom is 0.138 e. The van der Waals surface area contributed by atoms with Gasteiger partial charge in [-0.05, 0) is 26.0 Å². The Morgan fingerprint density at radius 2 is 2.17 bits per heavy atom. The summed E-state index contributed by atoms with van der Waals surface area (Å²) >= 11 is 0. The highest BCUT2D eigenvalue weighted by Gasteiger charge is 2.06. The van der Waals surface area contributed by atoms with Gasteiger partial charge in [-0.15, -0.1) is 0 Å². The topological polar surface area (TPSA) is 60.2 Å².